The minimum absolute atomic E-state index is 0. The highest BCUT2D eigenvalue weighted by Gasteiger charge is 2.37. The highest BCUT2D eigenvalue weighted by molar-refractivity contribution is 5.71. The lowest BCUT2D eigenvalue weighted by molar-refractivity contribution is -0.00000790. The van der Waals surface area contributed by atoms with Crippen molar-refractivity contribution in [1.29, 1.82) is 0 Å². The predicted octanol–water partition coefficient (Wildman–Crippen LogP) is -0.341. The molecule has 1 aliphatic carbocycles. The van der Waals surface area contributed by atoms with Crippen molar-refractivity contribution >= 4 is 6.08 Å². The number of allylic oxidation sites excluding steroid dienone is 3. The van der Waals surface area contributed by atoms with E-state index >= 15 is 0 Å². The third-order valence-electron chi connectivity index (χ3n) is 4.30. The number of fused-ring (bicyclic) bond motifs is 4. The van der Waals surface area contributed by atoms with Gasteiger partial charge in [-0.15, -0.1) is 0 Å². The number of nitrogens with zero attached hydrogens (tertiary/aromatic N) is 1. The van der Waals surface area contributed by atoms with Crippen LogP contribution < -0.4 is 12.4 Å². The molecule has 1 fully saturated rings. The summed E-state index contributed by atoms with van der Waals surface area (Å²) in [5, 5.41) is 39.0. The van der Waals surface area contributed by atoms with Gasteiger partial charge < -0.3 is 37.7 Å². The van der Waals surface area contributed by atoms with Gasteiger partial charge >= 0.3 is 5.76 Å². The van der Waals surface area contributed by atoms with Crippen LogP contribution in [0.3, 0.4) is 0 Å². The van der Waals surface area contributed by atoms with Gasteiger partial charge in [-0.25, -0.2) is 0 Å². The van der Waals surface area contributed by atoms with E-state index in [4.69, 9.17) is 0 Å². The van der Waals surface area contributed by atoms with Crippen molar-refractivity contribution < 1.29 is 32.8 Å². The zero-order valence-corrected chi connectivity index (χ0v) is 12.8. The molecule has 23 heavy (non-hydrogen) atoms. The molecular formula is C17H14ClNO4. The zero-order valence-electron chi connectivity index (χ0n) is 12.0. The first-order chi connectivity index (χ1) is 10.5. The second-order valence-electron chi connectivity index (χ2n) is 5.61. The van der Waals surface area contributed by atoms with Gasteiger partial charge in [0.15, 0.2) is 17.1 Å². The zero-order chi connectivity index (χ0) is 15.4. The summed E-state index contributed by atoms with van der Waals surface area (Å²) in [6.07, 6.45) is 7.03. The van der Waals surface area contributed by atoms with Crippen LogP contribution in [0.4, 0.5) is 0 Å². The first-order valence-corrected chi connectivity index (χ1v) is 7.02. The number of phenols is 2. The first-order valence-electron chi connectivity index (χ1n) is 7.02. The Morgan fingerprint density at radius 3 is 2.61 bits per heavy atom. The molecule has 118 valence electrons. The van der Waals surface area contributed by atoms with Crippen molar-refractivity contribution in [2.45, 2.75) is 13.0 Å². The summed E-state index contributed by atoms with van der Waals surface area (Å²) >= 11 is 0. The van der Waals surface area contributed by atoms with E-state index in [1.165, 1.54) is 6.07 Å². The third kappa shape index (κ3) is 2.22. The summed E-state index contributed by atoms with van der Waals surface area (Å²) < 4.78 is 0. The molecule has 0 unspecified atom stereocenters. The molecule has 1 saturated heterocycles. The number of phenolic OH excluding ortho intramolecular Hbond substituents is 2. The standard InChI is InChI=1S/C17H13NO4.ClH/c19-14-2-1-9-5-13-11-7-16(21)15(20)6-10(11)3-4-18(13)8-12(9)17(14)22;/h1-2,5-6H,3-4,8H2,(H3-,19,20,21,22);1H. The number of aromatic hydroxyl groups is 2. The minimum atomic E-state index is -0.263. The van der Waals surface area contributed by atoms with E-state index in [1.54, 1.807) is 12.1 Å². The number of aliphatic hydroxyl groups excluding tert-OH is 2. The lowest BCUT2D eigenvalue weighted by Gasteiger charge is -2.33. The molecule has 0 spiro atoms. The van der Waals surface area contributed by atoms with Crippen molar-refractivity contribution in [3.8, 4) is 11.5 Å². The molecule has 6 heteroatoms. The topological polar surface area (TPSA) is 84.2 Å². The van der Waals surface area contributed by atoms with E-state index < -0.39 is 0 Å². The van der Waals surface area contributed by atoms with E-state index in [2.05, 4.69) is 11.0 Å². The Kier molecular flexibility index (Phi) is 3.48. The number of rotatable bonds is 0. The van der Waals surface area contributed by atoms with Crippen LogP contribution in [0.25, 0.3) is 6.08 Å². The quantitative estimate of drug-likeness (QED) is 0.386. The number of hydrogen-bond donors (Lipinski definition) is 4. The summed E-state index contributed by atoms with van der Waals surface area (Å²) in [5.74, 6) is -0.634. The van der Waals surface area contributed by atoms with Crippen molar-refractivity contribution in [3.05, 3.63) is 63.8 Å². The SMILES string of the molecule is OC1=C(O)C=C2CCN3Cc4c(ccc(O)c4O)C=C3C2=[C+]1.[Cl-]. The summed E-state index contributed by atoms with van der Waals surface area (Å²) in [6, 6.07) is 3.21. The Balaban J connectivity index is 0.00000156. The molecule has 0 atom stereocenters. The Bertz CT molecular complexity index is 820. The van der Waals surface area contributed by atoms with Crippen LogP contribution in [0.1, 0.15) is 17.5 Å². The molecule has 1 aromatic carbocycles. The summed E-state index contributed by atoms with van der Waals surface area (Å²) in [6.45, 7) is 1.21. The van der Waals surface area contributed by atoms with Crippen molar-refractivity contribution in [1.82, 2.24) is 4.90 Å². The second-order valence-corrected chi connectivity index (χ2v) is 5.61. The smallest absolute Gasteiger partial charge is 0.300 e. The minimum Gasteiger partial charge on any atom is -1.00 e. The molecule has 0 saturated carbocycles. The number of halogens is 1. The van der Waals surface area contributed by atoms with Crippen molar-refractivity contribution in [3.63, 3.8) is 0 Å². The molecule has 4 N–H and O–H groups in total. The Hall–Kier alpha value is -2.62. The Labute approximate surface area is 139 Å². The number of hydrogen-bond acceptors (Lipinski definition) is 5. The highest BCUT2D eigenvalue weighted by Crippen LogP contribution is 2.43. The fraction of sp³-hybridized carbons (Fsp3) is 0.176. The second kappa shape index (κ2) is 5.23. The molecule has 3 aliphatic rings. The summed E-state index contributed by atoms with van der Waals surface area (Å²) in [7, 11) is 0. The fourth-order valence-electron chi connectivity index (χ4n) is 3.13. The van der Waals surface area contributed by atoms with Gasteiger partial charge in [-0.2, -0.15) is 0 Å². The van der Waals surface area contributed by atoms with E-state index in [-0.39, 0.29) is 35.4 Å². The van der Waals surface area contributed by atoms with Gasteiger partial charge in [-0.05, 0) is 17.7 Å². The number of aliphatic hydroxyl groups is 2. The van der Waals surface area contributed by atoms with Gasteiger partial charge in [-0.3, -0.25) is 0 Å². The molecule has 0 amide bonds. The van der Waals surface area contributed by atoms with Gasteiger partial charge in [0.05, 0.1) is 24.3 Å². The van der Waals surface area contributed by atoms with Gasteiger partial charge in [0.1, 0.15) is 5.70 Å². The lowest BCUT2D eigenvalue weighted by atomic mass is 9.86. The molecule has 0 aromatic heterocycles. The molecule has 2 aliphatic heterocycles. The largest absolute Gasteiger partial charge is 1.00 e. The predicted molar refractivity (Wildman–Crippen MR) is 79.9 cm³/mol. The van der Waals surface area contributed by atoms with E-state index in [0.717, 1.165) is 29.0 Å². The van der Waals surface area contributed by atoms with E-state index in [0.29, 0.717) is 18.5 Å². The van der Waals surface area contributed by atoms with Crippen molar-refractivity contribution in [2.75, 3.05) is 6.54 Å². The maximum Gasteiger partial charge on any atom is 0.300 e. The average molecular weight is 332 g/mol. The van der Waals surface area contributed by atoms with E-state index in [1.807, 2.05) is 6.08 Å². The van der Waals surface area contributed by atoms with Gasteiger partial charge in [0.25, 0.3) is 0 Å². The van der Waals surface area contributed by atoms with Crippen LogP contribution in [0.5, 0.6) is 11.5 Å². The van der Waals surface area contributed by atoms with Crippen LogP contribution in [-0.4, -0.2) is 31.9 Å². The van der Waals surface area contributed by atoms with Crippen LogP contribution in [-0.2, 0) is 6.54 Å². The van der Waals surface area contributed by atoms with Crippen LogP contribution in [0, 0.1) is 6.08 Å². The van der Waals surface area contributed by atoms with Crippen LogP contribution in [0.2, 0.25) is 0 Å². The first kappa shape index (κ1) is 15.3. The van der Waals surface area contributed by atoms with E-state index in [9.17, 15) is 20.4 Å². The summed E-state index contributed by atoms with van der Waals surface area (Å²) in [4.78, 5) is 2.07. The highest BCUT2D eigenvalue weighted by atomic mass is 35.5. The lowest BCUT2D eigenvalue weighted by Crippen LogP contribution is -3.00. The maximum atomic E-state index is 10.0. The van der Waals surface area contributed by atoms with Gasteiger partial charge in [-0.1, -0.05) is 0 Å². The molecule has 1 aromatic rings. The molecule has 2 heterocycles. The molecule has 4 rings (SSSR count). The molecule has 0 bridgehead atoms. The van der Waals surface area contributed by atoms with Gasteiger partial charge in [0, 0.05) is 24.6 Å². The number of piperidine rings is 1. The normalized spacial score (nSPS) is 18.4. The molecule has 5 nitrogen and oxygen atoms in total. The van der Waals surface area contributed by atoms with Crippen LogP contribution >= 0.6 is 0 Å². The maximum absolute atomic E-state index is 10.0. The van der Waals surface area contributed by atoms with Crippen LogP contribution in [0.15, 0.2) is 46.6 Å². The molecular weight excluding hydrogens is 318 g/mol. The van der Waals surface area contributed by atoms with Gasteiger partial charge in [0.2, 0.25) is 5.76 Å². The molecule has 0 radical (unpaired) electrons. The fourth-order valence-corrected chi connectivity index (χ4v) is 3.13. The monoisotopic (exact) mass is 331 g/mol. The Morgan fingerprint density at radius 1 is 1.04 bits per heavy atom. The third-order valence-corrected chi connectivity index (χ3v) is 4.30. The Morgan fingerprint density at radius 2 is 1.83 bits per heavy atom. The number of benzene rings is 1. The van der Waals surface area contributed by atoms with Crippen molar-refractivity contribution in [2.24, 2.45) is 0 Å². The summed E-state index contributed by atoms with van der Waals surface area (Å²) in [5.41, 5.74) is 4.11. The average Bonchev–Trinajstić information content (AvgIpc) is 2.51.